The Balaban J connectivity index is 0.000000192. The fraction of sp³-hybridized carbons (Fsp3) is 0.379. The Kier molecular flexibility index (Phi) is 19.7. The number of hydrogen-bond acceptors (Lipinski definition) is 16. The lowest BCUT2D eigenvalue weighted by Crippen LogP contribution is -2.55. The maximum atomic E-state index is 13.8. The number of rotatable bonds is 16. The van der Waals surface area contributed by atoms with E-state index in [0.717, 1.165) is 68.6 Å². The molecule has 4 aliphatic heterocycles. The summed E-state index contributed by atoms with van der Waals surface area (Å²) in [6.07, 6.45) is 2.54. The number of hydrogen-bond donors (Lipinski definition) is 2. The topological polar surface area (TPSA) is 234 Å². The van der Waals surface area contributed by atoms with Crippen molar-refractivity contribution in [1.29, 1.82) is 0 Å². The number of esters is 4. The normalized spacial score (nSPS) is 17.2. The molecule has 4 aliphatic rings. The fourth-order valence-electron chi connectivity index (χ4n) is 9.84. The Hall–Kier alpha value is -6.63. The van der Waals surface area contributed by atoms with Crippen LogP contribution in [0.25, 0.3) is 44.6 Å². The molecule has 0 bridgehead atoms. The second-order valence-electron chi connectivity index (χ2n) is 19.1. The second kappa shape index (κ2) is 25.9. The van der Waals surface area contributed by atoms with E-state index >= 15 is 0 Å². The maximum Gasteiger partial charge on any atom is 0.343 e. The molecule has 18 nitrogen and oxygen atoms in total. The molecular weight excluding hydrogens is 1100 g/mol. The Morgan fingerprint density at radius 2 is 1.15 bits per heavy atom. The highest BCUT2D eigenvalue weighted by Gasteiger charge is 2.54. The Bertz CT molecular complexity index is 3490. The van der Waals surface area contributed by atoms with Gasteiger partial charge in [0.15, 0.2) is 11.2 Å². The first kappa shape index (κ1) is 61.0. The largest absolute Gasteiger partial charge is 0.460 e. The first-order chi connectivity index (χ1) is 38.3. The van der Waals surface area contributed by atoms with Crippen molar-refractivity contribution in [3.05, 3.63) is 152 Å². The molecule has 0 radical (unpaired) electrons. The molecule has 2 aromatic carbocycles. The smallest absolute Gasteiger partial charge is 0.343 e. The number of carbonyl (C=O) groups is 4. The second-order valence-corrected chi connectivity index (χ2v) is 30.9. The number of aliphatic hydroxyl groups excluding tert-OH is 1. The highest BCUT2D eigenvalue weighted by Crippen LogP contribution is 2.44. The van der Waals surface area contributed by atoms with Gasteiger partial charge in [-0.1, -0.05) is 91.1 Å². The number of aliphatic hydroxyl groups is 2. The first-order valence-electron chi connectivity index (χ1n) is 26.6. The van der Waals surface area contributed by atoms with Crippen molar-refractivity contribution >= 4 is 83.1 Å². The summed E-state index contributed by atoms with van der Waals surface area (Å²) in [4.78, 5) is 83.6. The molecule has 2 atom stereocenters. The molecule has 424 valence electrons. The van der Waals surface area contributed by atoms with E-state index in [4.69, 9.17) is 60.3 Å². The lowest BCUT2D eigenvalue weighted by Gasteiger charge is -2.42. The third-order valence-corrected chi connectivity index (χ3v) is 23.5. The number of ether oxygens (including phenoxy) is 4. The number of fused-ring (bicyclic) bond motifs is 10. The quantitative estimate of drug-likeness (QED) is 0.0229. The van der Waals surface area contributed by atoms with Gasteiger partial charge in [0, 0.05) is 45.2 Å². The summed E-state index contributed by atoms with van der Waals surface area (Å²) in [6, 6.07) is 26.3. The molecule has 6 aromatic rings. The molecule has 0 spiro atoms. The van der Waals surface area contributed by atoms with Crippen LogP contribution in [0, 0.1) is 0 Å². The molecule has 80 heavy (non-hydrogen) atoms. The van der Waals surface area contributed by atoms with E-state index in [2.05, 4.69) is 24.0 Å². The Morgan fingerprint density at radius 3 is 1.60 bits per heavy atom. The minimum atomic E-state index is -3.01. The zero-order valence-electron chi connectivity index (χ0n) is 45.7. The molecular formula is C58H66Cl2N4O14Si2. The number of halogens is 2. The molecule has 0 saturated carbocycles. The highest BCUT2D eigenvalue weighted by atomic mass is 35.7. The van der Waals surface area contributed by atoms with Gasteiger partial charge in [-0.3, -0.25) is 9.59 Å². The molecule has 10 rings (SSSR count). The van der Waals surface area contributed by atoms with Gasteiger partial charge in [-0.25, -0.2) is 29.1 Å². The van der Waals surface area contributed by atoms with Crippen LogP contribution in [0.4, 0.5) is 0 Å². The van der Waals surface area contributed by atoms with E-state index in [0.29, 0.717) is 58.8 Å². The summed E-state index contributed by atoms with van der Waals surface area (Å²) in [5.41, 5.74) is 4.20. The van der Waals surface area contributed by atoms with Crippen molar-refractivity contribution in [3.8, 4) is 22.8 Å². The summed E-state index contributed by atoms with van der Waals surface area (Å²) in [7, 11) is -3.01. The molecule has 0 unspecified atom stereocenters. The molecule has 0 saturated heterocycles. The zero-order chi connectivity index (χ0) is 58.2. The van der Waals surface area contributed by atoms with Crippen molar-refractivity contribution in [2.75, 3.05) is 26.4 Å². The van der Waals surface area contributed by atoms with E-state index in [1.807, 2.05) is 95.3 Å². The van der Waals surface area contributed by atoms with Crippen molar-refractivity contribution in [1.82, 2.24) is 19.1 Å². The van der Waals surface area contributed by atoms with Crippen molar-refractivity contribution in [2.45, 2.75) is 116 Å². The van der Waals surface area contributed by atoms with Gasteiger partial charge < -0.3 is 47.1 Å². The van der Waals surface area contributed by atoms with Crippen LogP contribution in [0.1, 0.15) is 87.8 Å². The predicted octanol–water partition coefficient (Wildman–Crippen LogP) is 9.07. The lowest BCUT2D eigenvalue weighted by atomic mass is 9.86. The van der Waals surface area contributed by atoms with Crippen molar-refractivity contribution in [2.24, 2.45) is 0 Å². The van der Waals surface area contributed by atoms with Gasteiger partial charge in [0.1, 0.15) is 26.4 Å². The monoisotopic (exact) mass is 1170 g/mol. The van der Waals surface area contributed by atoms with E-state index < -0.39 is 50.3 Å². The summed E-state index contributed by atoms with van der Waals surface area (Å²) in [6.45, 7) is 17.0. The number of aromatic nitrogens is 4. The van der Waals surface area contributed by atoms with Crippen LogP contribution in [-0.2, 0) is 84.5 Å². The van der Waals surface area contributed by atoms with Gasteiger partial charge in [0.25, 0.3) is 17.8 Å². The zero-order valence-corrected chi connectivity index (χ0v) is 49.2. The molecule has 0 amide bonds. The van der Waals surface area contributed by atoms with Crippen LogP contribution in [0.2, 0.25) is 24.2 Å². The van der Waals surface area contributed by atoms with Crippen LogP contribution >= 0.6 is 22.2 Å². The minimum Gasteiger partial charge on any atom is -0.460 e. The summed E-state index contributed by atoms with van der Waals surface area (Å²) in [5, 5.41) is 21.0. The third kappa shape index (κ3) is 12.3. The standard InChI is InChI=1S/C29H32N2O7Si.C20H16N2O4.C5H8O3.C4H10Cl2Si/c1-5-25(32)35-13-14-37-39(7-3,8-4)38-29(6-2)22-16-24-26-20(15-19-11-9-10-12-23(19)30-26)17-31(24)27(33)21(22)18-36-28(29)34;1-2-20(25)14-8-16-17-12(7-11-5-3-4-6-15(11)21-17)9-22(16)18(23)13(14)10-26-19(20)24;1-2-5(7)8-4-3-6;1-3-7(5,6)4-2/h5,9-12,15-16H,1,6-8,13-14,17-18H2,2-4H3;3-8,25H,2,9-10H2,1H3;2,6H,1,3-4H2;3-4H2,1-2H3/t29-;20-;;/m00../s1. The Labute approximate surface area is 474 Å². The number of cyclic esters (lactones) is 2. The molecule has 2 N–H and O–H groups in total. The minimum absolute atomic E-state index is 0.0361. The van der Waals surface area contributed by atoms with Crippen LogP contribution in [0.5, 0.6) is 0 Å². The number of pyridine rings is 4. The average molecular weight is 1170 g/mol. The van der Waals surface area contributed by atoms with Crippen molar-refractivity contribution < 1.29 is 57.2 Å². The Morgan fingerprint density at radius 1 is 0.675 bits per heavy atom. The van der Waals surface area contributed by atoms with Crippen molar-refractivity contribution in [3.63, 3.8) is 0 Å². The van der Waals surface area contributed by atoms with E-state index in [1.54, 1.807) is 22.1 Å². The summed E-state index contributed by atoms with van der Waals surface area (Å²) >= 11 is 11.6. The van der Waals surface area contributed by atoms with Gasteiger partial charge in [-0.15, -0.1) is 22.2 Å². The van der Waals surface area contributed by atoms with E-state index in [-0.39, 0.29) is 63.6 Å². The summed E-state index contributed by atoms with van der Waals surface area (Å²) in [5.74, 6) is -2.28. The van der Waals surface area contributed by atoms with E-state index in [1.165, 1.54) is 0 Å². The fourth-order valence-corrected chi connectivity index (χ4v) is 13.0. The summed E-state index contributed by atoms with van der Waals surface area (Å²) < 4.78 is 36.4. The molecule has 22 heteroatoms. The molecule has 0 aliphatic carbocycles. The number of para-hydroxylation sites is 2. The van der Waals surface area contributed by atoms with Gasteiger partial charge in [0.05, 0.1) is 71.2 Å². The molecule has 0 fully saturated rings. The number of nitrogens with zero attached hydrogens (tertiary/aromatic N) is 4. The van der Waals surface area contributed by atoms with Crippen LogP contribution in [0.3, 0.4) is 0 Å². The van der Waals surface area contributed by atoms with Crippen LogP contribution in [0.15, 0.2) is 108 Å². The highest BCUT2D eigenvalue weighted by molar-refractivity contribution is 7.45. The predicted molar refractivity (Wildman–Crippen MR) is 308 cm³/mol. The maximum absolute atomic E-state index is 13.8. The number of carbonyl (C=O) groups excluding carboxylic acids is 4. The van der Waals surface area contributed by atoms with Gasteiger partial charge in [-0.05, 0) is 73.4 Å². The van der Waals surface area contributed by atoms with Gasteiger partial charge in [0.2, 0.25) is 0 Å². The van der Waals surface area contributed by atoms with Gasteiger partial charge >= 0.3 is 32.4 Å². The van der Waals surface area contributed by atoms with Crippen LogP contribution < -0.4 is 11.1 Å². The number of benzene rings is 2. The lowest BCUT2D eigenvalue weighted by molar-refractivity contribution is -0.172. The molecule has 4 aromatic heterocycles. The average Bonchev–Trinajstić information content (AvgIpc) is 4.10. The molecule has 8 heterocycles. The van der Waals surface area contributed by atoms with Gasteiger partial charge in [-0.2, -0.15) is 0 Å². The van der Waals surface area contributed by atoms with Crippen LogP contribution in [-0.4, -0.2) is 94.9 Å². The first-order valence-corrected chi connectivity index (χ1v) is 33.2. The SMILES string of the molecule is C=CC(=O)OCCO.C=CC(=O)OCCO[Si](CC)(CC)O[C@]1(CC)C(=O)OCc2c1cc1n(c2=O)Cc2cc3ccccc3nc2-1.CC[C@@]1(O)C(=O)OCc2c1cc1n(c2=O)Cc2cc3ccccc3nc2-1.CC[Si](Cl)(Cl)CC. The van der Waals surface area contributed by atoms with E-state index in [9.17, 15) is 33.9 Å². The third-order valence-electron chi connectivity index (χ3n) is 14.6.